The predicted molar refractivity (Wildman–Crippen MR) is 98.6 cm³/mol. The third-order valence-electron chi connectivity index (χ3n) is 5.43. The summed E-state index contributed by atoms with van der Waals surface area (Å²) in [7, 11) is 0. The average Bonchev–Trinajstić information content (AvgIpc) is 3.19. The molecule has 2 fully saturated rings. The Kier molecular flexibility index (Phi) is 4.42. The van der Waals surface area contributed by atoms with Crippen molar-refractivity contribution in [3.63, 3.8) is 0 Å². The highest BCUT2D eigenvalue weighted by Gasteiger charge is 2.45. The molecule has 1 N–H and O–H groups in total. The van der Waals surface area contributed by atoms with Crippen LogP contribution in [0.4, 0.5) is 0 Å². The molecule has 0 radical (unpaired) electrons. The number of carbonyl (C=O) groups excluding carboxylic acids is 1. The maximum absolute atomic E-state index is 12.2. The third kappa shape index (κ3) is 3.40. The summed E-state index contributed by atoms with van der Waals surface area (Å²) in [6.45, 7) is 3.34. The van der Waals surface area contributed by atoms with Gasteiger partial charge in [-0.05, 0) is 42.7 Å². The topological polar surface area (TPSA) is 32.3 Å². The molecule has 2 aliphatic rings. The molecule has 4 rings (SSSR count). The van der Waals surface area contributed by atoms with Gasteiger partial charge >= 0.3 is 0 Å². The Morgan fingerprint density at radius 2 is 1.88 bits per heavy atom. The highest BCUT2D eigenvalue weighted by molar-refractivity contribution is 7.12. The van der Waals surface area contributed by atoms with Gasteiger partial charge in [-0.3, -0.25) is 4.79 Å². The van der Waals surface area contributed by atoms with Crippen molar-refractivity contribution >= 4 is 17.2 Å². The lowest BCUT2D eigenvalue weighted by Crippen LogP contribution is -2.46. The van der Waals surface area contributed by atoms with Gasteiger partial charge in [0.2, 0.25) is 0 Å². The van der Waals surface area contributed by atoms with Gasteiger partial charge in [-0.25, -0.2) is 0 Å². The number of benzene rings is 1. The van der Waals surface area contributed by atoms with Crippen LogP contribution in [-0.2, 0) is 5.41 Å². The Morgan fingerprint density at radius 3 is 2.50 bits per heavy atom. The minimum absolute atomic E-state index is 0.0893. The van der Waals surface area contributed by atoms with E-state index in [1.807, 2.05) is 17.5 Å². The zero-order chi connectivity index (χ0) is 16.4. The lowest BCUT2D eigenvalue weighted by Gasteiger charge is -2.34. The zero-order valence-electron chi connectivity index (χ0n) is 13.9. The first-order valence-electron chi connectivity index (χ1n) is 8.87. The van der Waals surface area contributed by atoms with Crippen LogP contribution in [0.1, 0.15) is 40.9 Å². The summed E-state index contributed by atoms with van der Waals surface area (Å²) < 4.78 is 0. The van der Waals surface area contributed by atoms with Gasteiger partial charge in [0.15, 0.2) is 0 Å². The fourth-order valence-electron chi connectivity index (χ4n) is 3.81. The van der Waals surface area contributed by atoms with Crippen LogP contribution >= 0.6 is 11.3 Å². The van der Waals surface area contributed by atoms with Gasteiger partial charge in [-0.15, -0.1) is 11.3 Å². The number of amides is 1. The lowest BCUT2D eigenvalue weighted by molar-refractivity contribution is 0.0912. The van der Waals surface area contributed by atoms with Crippen LogP contribution in [0.2, 0.25) is 0 Å². The quantitative estimate of drug-likeness (QED) is 0.901. The molecule has 126 valence electrons. The number of hydrogen-bond acceptors (Lipinski definition) is 3. The van der Waals surface area contributed by atoms with Crippen molar-refractivity contribution in [3.05, 3.63) is 58.3 Å². The summed E-state index contributed by atoms with van der Waals surface area (Å²) in [6.07, 6.45) is 4.74. The Bertz CT molecular complexity index is 671. The molecule has 2 aromatic rings. The third-order valence-corrected chi connectivity index (χ3v) is 6.30. The van der Waals surface area contributed by atoms with Gasteiger partial charge in [0, 0.05) is 31.1 Å². The summed E-state index contributed by atoms with van der Waals surface area (Å²) in [5.41, 5.74) is 1.90. The number of nitrogens with zero attached hydrogens (tertiary/aromatic N) is 1. The lowest BCUT2D eigenvalue weighted by atomic mass is 9.94. The van der Waals surface area contributed by atoms with E-state index >= 15 is 0 Å². The molecule has 0 spiro atoms. The van der Waals surface area contributed by atoms with Crippen molar-refractivity contribution in [2.75, 3.05) is 19.6 Å². The van der Waals surface area contributed by atoms with Gasteiger partial charge in [0.1, 0.15) is 0 Å². The Labute approximate surface area is 147 Å². The van der Waals surface area contributed by atoms with Crippen molar-refractivity contribution in [2.45, 2.75) is 37.1 Å². The number of nitrogens with one attached hydrogen (secondary N) is 1. The normalized spacial score (nSPS) is 20.7. The van der Waals surface area contributed by atoms with E-state index < -0.39 is 0 Å². The van der Waals surface area contributed by atoms with Crippen molar-refractivity contribution in [3.8, 4) is 0 Å². The fraction of sp³-hybridized carbons (Fsp3) is 0.450. The molecule has 0 unspecified atom stereocenters. The maximum Gasteiger partial charge on any atom is 0.261 e. The summed E-state index contributed by atoms with van der Waals surface area (Å²) >= 11 is 1.51. The highest BCUT2D eigenvalue weighted by Crippen LogP contribution is 2.48. The molecule has 24 heavy (non-hydrogen) atoms. The van der Waals surface area contributed by atoms with E-state index in [0.29, 0.717) is 11.5 Å². The van der Waals surface area contributed by atoms with Gasteiger partial charge in [0.05, 0.1) is 4.88 Å². The molecule has 1 aliphatic carbocycles. The van der Waals surface area contributed by atoms with Crippen LogP contribution < -0.4 is 5.32 Å². The van der Waals surface area contributed by atoms with Crippen LogP contribution in [0.5, 0.6) is 0 Å². The van der Waals surface area contributed by atoms with Crippen molar-refractivity contribution in [2.24, 2.45) is 0 Å². The predicted octanol–water partition coefficient (Wildman–Crippen LogP) is 3.67. The Balaban J connectivity index is 1.28. The standard InChI is InChI=1S/C20H24N2OS/c23-19(18-7-4-14-24-18)21-17-8-12-22(13-9-17)15-20(10-11-20)16-5-2-1-3-6-16/h1-7,14,17H,8-13,15H2,(H,21,23). The molecule has 1 saturated carbocycles. The van der Waals surface area contributed by atoms with E-state index in [0.717, 1.165) is 30.8 Å². The zero-order valence-corrected chi connectivity index (χ0v) is 14.7. The first-order valence-corrected chi connectivity index (χ1v) is 9.75. The number of piperidine rings is 1. The van der Waals surface area contributed by atoms with Crippen LogP contribution in [0.15, 0.2) is 47.8 Å². The van der Waals surface area contributed by atoms with E-state index in [1.54, 1.807) is 0 Å². The first kappa shape index (κ1) is 15.9. The molecule has 2 heterocycles. The van der Waals surface area contributed by atoms with E-state index in [2.05, 4.69) is 40.5 Å². The second-order valence-corrected chi connectivity index (χ2v) is 8.10. The van der Waals surface area contributed by atoms with Crippen LogP contribution in [0.3, 0.4) is 0 Å². The maximum atomic E-state index is 12.2. The largest absolute Gasteiger partial charge is 0.349 e. The first-order chi connectivity index (χ1) is 11.8. The number of rotatable bonds is 5. The summed E-state index contributed by atoms with van der Waals surface area (Å²) in [5.74, 6) is 0.0893. The minimum atomic E-state index is 0.0893. The molecule has 1 aromatic carbocycles. The van der Waals surface area contributed by atoms with Gasteiger partial charge in [0.25, 0.3) is 5.91 Å². The molecule has 1 aromatic heterocycles. The minimum Gasteiger partial charge on any atom is -0.349 e. The summed E-state index contributed by atoms with van der Waals surface area (Å²) in [4.78, 5) is 15.6. The summed E-state index contributed by atoms with van der Waals surface area (Å²) in [6, 6.07) is 15.1. The van der Waals surface area contributed by atoms with E-state index in [-0.39, 0.29) is 5.91 Å². The van der Waals surface area contributed by atoms with E-state index in [4.69, 9.17) is 0 Å². The Hall–Kier alpha value is -1.65. The van der Waals surface area contributed by atoms with E-state index in [1.165, 1.54) is 36.3 Å². The summed E-state index contributed by atoms with van der Waals surface area (Å²) in [5, 5.41) is 5.15. The van der Waals surface area contributed by atoms with E-state index in [9.17, 15) is 4.79 Å². The SMILES string of the molecule is O=C(NC1CCN(CC2(c3ccccc3)CC2)CC1)c1cccs1. The van der Waals surface area contributed by atoms with Crippen LogP contribution in [-0.4, -0.2) is 36.5 Å². The second kappa shape index (κ2) is 6.69. The van der Waals surface area contributed by atoms with Crippen molar-refractivity contribution in [1.29, 1.82) is 0 Å². The molecular weight excluding hydrogens is 316 g/mol. The number of hydrogen-bond donors (Lipinski definition) is 1. The molecule has 1 amide bonds. The average molecular weight is 340 g/mol. The molecule has 4 heteroatoms. The molecule has 3 nitrogen and oxygen atoms in total. The van der Waals surface area contributed by atoms with Crippen molar-refractivity contribution < 1.29 is 4.79 Å². The molecule has 1 saturated heterocycles. The van der Waals surface area contributed by atoms with Gasteiger partial charge in [-0.1, -0.05) is 36.4 Å². The fourth-order valence-corrected chi connectivity index (χ4v) is 4.44. The highest BCUT2D eigenvalue weighted by atomic mass is 32.1. The second-order valence-electron chi connectivity index (χ2n) is 7.15. The Morgan fingerprint density at radius 1 is 1.12 bits per heavy atom. The molecule has 1 aliphatic heterocycles. The molecule has 0 bridgehead atoms. The number of thiophene rings is 1. The van der Waals surface area contributed by atoms with Gasteiger partial charge in [-0.2, -0.15) is 0 Å². The molecule has 0 atom stereocenters. The smallest absolute Gasteiger partial charge is 0.261 e. The number of carbonyl (C=O) groups is 1. The monoisotopic (exact) mass is 340 g/mol. The van der Waals surface area contributed by atoms with Crippen LogP contribution in [0, 0.1) is 0 Å². The number of likely N-dealkylation sites (tertiary alicyclic amines) is 1. The molecular formula is C20H24N2OS. The van der Waals surface area contributed by atoms with Crippen LogP contribution in [0.25, 0.3) is 0 Å². The van der Waals surface area contributed by atoms with Gasteiger partial charge < -0.3 is 10.2 Å². The van der Waals surface area contributed by atoms with Crippen molar-refractivity contribution in [1.82, 2.24) is 10.2 Å².